The molecule has 1 rings (SSSR count). The molecule has 1 aromatic rings. The van der Waals surface area contributed by atoms with Gasteiger partial charge in [0.2, 0.25) is 5.91 Å². The van der Waals surface area contributed by atoms with Crippen LogP contribution in [0.5, 0.6) is 0 Å². The van der Waals surface area contributed by atoms with Gasteiger partial charge in [-0.05, 0) is 26.0 Å². The molecule has 0 saturated carbocycles. The predicted molar refractivity (Wildman–Crippen MR) is 90.5 cm³/mol. The number of hydrogen-bond donors (Lipinski definition) is 2. The normalized spacial score (nSPS) is 12.3. The van der Waals surface area contributed by atoms with Crippen LogP contribution in [0.4, 0.5) is 0 Å². The van der Waals surface area contributed by atoms with Crippen molar-refractivity contribution in [3.63, 3.8) is 0 Å². The lowest BCUT2D eigenvalue weighted by molar-refractivity contribution is -0.127. The molecule has 1 unspecified atom stereocenters. The number of guanidine groups is 1. The third-order valence-corrected chi connectivity index (χ3v) is 2.67. The van der Waals surface area contributed by atoms with Crippen LogP contribution in [0, 0.1) is 6.92 Å². The summed E-state index contributed by atoms with van der Waals surface area (Å²) < 4.78 is 5.53. The maximum atomic E-state index is 11.5. The first kappa shape index (κ1) is 18.8. The molecule has 0 aliphatic heterocycles. The number of rotatable bonds is 4. The second-order valence-electron chi connectivity index (χ2n) is 4.53. The quantitative estimate of drug-likeness (QED) is 0.462. The molecule has 7 heteroatoms. The minimum Gasteiger partial charge on any atom is -0.464 e. The average Bonchev–Trinajstić information content (AvgIpc) is 2.80. The number of aryl methyl sites for hydroxylation is 1. The van der Waals surface area contributed by atoms with Crippen LogP contribution in [0.1, 0.15) is 24.5 Å². The summed E-state index contributed by atoms with van der Waals surface area (Å²) >= 11 is 0. The number of aliphatic imine (C=N–C) groups is 1. The van der Waals surface area contributed by atoms with E-state index in [2.05, 4.69) is 15.6 Å². The number of halogens is 1. The second kappa shape index (κ2) is 8.83. The first-order valence-corrected chi connectivity index (χ1v) is 6.17. The molecule has 1 heterocycles. The van der Waals surface area contributed by atoms with E-state index in [9.17, 15) is 4.79 Å². The highest BCUT2D eigenvalue weighted by Gasteiger charge is 2.12. The standard InChI is InChI=1S/C13H22N4O2.HI/c1-9-6-7-11(19-9)10(2)16-13(14-3)15-8-12(18)17(4)5;/h6-7,10H,8H2,1-5H3,(H2,14,15,16);1H. The Bertz CT molecular complexity index is 457. The lowest BCUT2D eigenvalue weighted by Crippen LogP contribution is -2.43. The summed E-state index contributed by atoms with van der Waals surface area (Å²) in [6.45, 7) is 4.08. The van der Waals surface area contributed by atoms with Gasteiger partial charge in [0.05, 0.1) is 12.6 Å². The van der Waals surface area contributed by atoms with Crippen molar-refractivity contribution < 1.29 is 9.21 Å². The van der Waals surface area contributed by atoms with E-state index < -0.39 is 0 Å². The fraction of sp³-hybridized carbons (Fsp3) is 0.538. The molecule has 0 radical (unpaired) electrons. The van der Waals surface area contributed by atoms with Gasteiger partial charge in [0.25, 0.3) is 0 Å². The number of nitrogens with one attached hydrogen (secondary N) is 2. The van der Waals surface area contributed by atoms with E-state index in [0.29, 0.717) is 5.96 Å². The maximum absolute atomic E-state index is 11.5. The SMILES string of the molecule is CN=C(NCC(=O)N(C)C)NC(C)c1ccc(C)o1.I. The van der Waals surface area contributed by atoms with Gasteiger partial charge in [-0.15, -0.1) is 24.0 Å². The summed E-state index contributed by atoms with van der Waals surface area (Å²) in [6, 6.07) is 3.82. The van der Waals surface area contributed by atoms with Gasteiger partial charge in [-0.1, -0.05) is 0 Å². The van der Waals surface area contributed by atoms with Gasteiger partial charge in [-0.25, -0.2) is 0 Å². The molecule has 2 N–H and O–H groups in total. The van der Waals surface area contributed by atoms with Crippen LogP contribution >= 0.6 is 24.0 Å². The molecule has 0 fully saturated rings. The molecule has 0 aliphatic carbocycles. The zero-order chi connectivity index (χ0) is 14.4. The highest BCUT2D eigenvalue weighted by atomic mass is 127. The zero-order valence-corrected chi connectivity index (χ0v) is 14.9. The van der Waals surface area contributed by atoms with Gasteiger partial charge in [-0.2, -0.15) is 0 Å². The van der Waals surface area contributed by atoms with Gasteiger partial charge >= 0.3 is 0 Å². The first-order chi connectivity index (χ1) is 8.93. The molecular formula is C13H23IN4O2. The minimum atomic E-state index is -0.0191. The number of hydrogen-bond acceptors (Lipinski definition) is 3. The van der Waals surface area contributed by atoms with Gasteiger partial charge in [0.1, 0.15) is 11.5 Å². The van der Waals surface area contributed by atoms with E-state index in [4.69, 9.17) is 4.42 Å². The minimum absolute atomic E-state index is 0. The van der Waals surface area contributed by atoms with Crippen molar-refractivity contribution in [3.8, 4) is 0 Å². The Hall–Kier alpha value is -1.25. The molecular weight excluding hydrogens is 371 g/mol. The molecule has 20 heavy (non-hydrogen) atoms. The molecule has 0 aromatic carbocycles. The molecule has 0 spiro atoms. The first-order valence-electron chi connectivity index (χ1n) is 6.17. The molecule has 6 nitrogen and oxygen atoms in total. The van der Waals surface area contributed by atoms with E-state index in [1.54, 1.807) is 21.1 Å². The zero-order valence-electron chi connectivity index (χ0n) is 12.6. The molecule has 114 valence electrons. The Kier molecular flexibility index (Phi) is 8.28. The van der Waals surface area contributed by atoms with Gasteiger partial charge in [0.15, 0.2) is 5.96 Å². The monoisotopic (exact) mass is 394 g/mol. The fourth-order valence-electron chi connectivity index (χ4n) is 1.47. The Morgan fingerprint density at radius 3 is 2.55 bits per heavy atom. The summed E-state index contributed by atoms with van der Waals surface area (Å²) in [7, 11) is 5.10. The molecule has 0 saturated heterocycles. The Morgan fingerprint density at radius 1 is 1.45 bits per heavy atom. The largest absolute Gasteiger partial charge is 0.464 e. The van der Waals surface area contributed by atoms with Crippen LogP contribution in [0.3, 0.4) is 0 Å². The third kappa shape index (κ3) is 5.81. The predicted octanol–water partition coefficient (Wildman–Crippen LogP) is 1.52. The van der Waals surface area contributed by atoms with Gasteiger partial charge in [-0.3, -0.25) is 9.79 Å². The molecule has 1 atom stereocenters. The van der Waals surface area contributed by atoms with Crippen molar-refractivity contribution in [1.29, 1.82) is 0 Å². The van der Waals surface area contributed by atoms with Gasteiger partial charge < -0.3 is 20.0 Å². The Balaban J connectivity index is 0.00000361. The van der Waals surface area contributed by atoms with Crippen LogP contribution in [0.15, 0.2) is 21.5 Å². The number of amides is 1. The van der Waals surface area contributed by atoms with Crippen LogP contribution < -0.4 is 10.6 Å². The number of likely N-dealkylation sites (N-methyl/N-ethyl adjacent to an activating group) is 1. The van der Waals surface area contributed by atoms with E-state index in [1.165, 1.54) is 4.90 Å². The van der Waals surface area contributed by atoms with Crippen LogP contribution in [-0.2, 0) is 4.79 Å². The number of nitrogens with zero attached hydrogens (tertiary/aromatic N) is 2. The van der Waals surface area contributed by atoms with Gasteiger partial charge in [0, 0.05) is 21.1 Å². The van der Waals surface area contributed by atoms with E-state index in [0.717, 1.165) is 11.5 Å². The Labute approximate surface area is 137 Å². The van der Waals surface area contributed by atoms with E-state index >= 15 is 0 Å². The smallest absolute Gasteiger partial charge is 0.241 e. The van der Waals surface area contributed by atoms with Crippen LogP contribution in [-0.4, -0.2) is 44.5 Å². The summed E-state index contributed by atoms with van der Waals surface area (Å²) in [4.78, 5) is 17.1. The highest BCUT2D eigenvalue weighted by molar-refractivity contribution is 14.0. The topological polar surface area (TPSA) is 69.9 Å². The van der Waals surface area contributed by atoms with Crippen molar-refractivity contribution in [2.24, 2.45) is 4.99 Å². The van der Waals surface area contributed by atoms with Crippen molar-refractivity contribution in [2.45, 2.75) is 19.9 Å². The fourth-order valence-corrected chi connectivity index (χ4v) is 1.47. The molecule has 0 bridgehead atoms. The number of carbonyl (C=O) groups is 1. The maximum Gasteiger partial charge on any atom is 0.241 e. The summed E-state index contributed by atoms with van der Waals surface area (Å²) in [5.74, 6) is 2.26. The second-order valence-corrected chi connectivity index (χ2v) is 4.53. The third-order valence-electron chi connectivity index (χ3n) is 2.67. The molecule has 0 aliphatic rings. The summed E-state index contributed by atoms with van der Waals surface area (Å²) in [5, 5.41) is 6.13. The van der Waals surface area contributed by atoms with Crippen molar-refractivity contribution in [3.05, 3.63) is 23.7 Å². The van der Waals surface area contributed by atoms with Crippen molar-refractivity contribution in [1.82, 2.24) is 15.5 Å². The van der Waals surface area contributed by atoms with Crippen LogP contribution in [0.25, 0.3) is 0 Å². The van der Waals surface area contributed by atoms with Crippen molar-refractivity contribution in [2.75, 3.05) is 27.7 Å². The lowest BCUT2D eigenvalue weighted by Gasteiger charge is -2.17. The highest BCUT2D eigenvalue weighted by Crippen LogP contribution is 2.15. The Morgan fingerprint density at radius 2 is 2.10 bits per heavy atom. The average molecular weight is 394 g/mol. The van der Waals surface area contributed by atoms with Crippen molar-refractivity contribution >= 4 is 35.8 Å². The van der Waals surface area contributed by atoms with Crippen LogP contribution in [0.2, 0.25) is 0 Å². The summed E-state index contributed by atoms with van der Waals surface area (Å²) in [5.41, 5.74) is 0. The number of furan rings is 1. The molecule has 1 amide bonds. The lowest BCUT2D eigenvalue weighted by atomic mass is 10.2. The molecule has 1 aromatic heterocycles. The van der Waals surface area contributed by atoms with E-state index in [-0.39, 0.29) is 42.5 Å². The van der Waals surface area contributed by atoms with E-state index in [1.807, 2.05) is 26.0 Å². The number of carbonyl (C=O) groups excluding carboxylic acids is 1. The summed E-state index contributed by atoms with van der Waals surface area (Å²) in [6.07, 6.45) is 0.